The van der Waals surface area contributed by atoms with Gasteiger partial charge in [0.15, 0.2) is 5.69 Å². The van der Waals surface area contributed by atoms with E-state index in [0.717, 1.165) is 32.0 Å². The van der Waals surface area contributed by atoms with Crippen LogP contribution in [-0.2, 0) is 0 Å². The highest BCUT2D eigenvalue weighted by Gasteiger charge is 2.25. The minimum atomic E-state index is -0.674. The number of nitrogens with zero attached hydrogens (tertiary/aromatic N) is 3. The zero-order valence-electron chi connectivity index (χ0n) is 14.9. The Labute approximate surface area is 151 Å². The number of halogens is 2. The third kappa shape index (κ3) is 3.75. The molecule has 0 saturated carbocycles. The molecule has 2 N–H and O–H groups in total. The van der Waals surface area contributed by atoms with Crippen molar-refractivity contribution >= 4 is 5.91 Å². The average molecular weight is 363 g/mol. The molecule has 6 nitrogen and oxygen atoms in total. The van der Waals surface area contributed by atoms with E-state index >= 15 is 0 Å². The molecule has 1 aliphatic heterocycles. The summed E-state index contributed by atoms with van der Waals surface area (Å²) >= 11 is 0. The van der Waals surface area contributed by atoms with Gasteiger partial charge in [-0.05, 0) is 45.3 Å². The van der Waals surface area contributed by atoms with E-state index in [1.165, 1.54) is 12.1 Å². The van der Waals surface area contributed by atoms with Crippen LogP contribution >= 0.6 is 0 Å². The van der Waals surface area contributed by atoms with Crippen LogP contribution in [0.2, 0.25) is 0 Å². The van der Waals surface area contributed by atoms with Crippen molar-refractivity contribution < 1.29 is 13.6 Å². The van der Waals surface area contributed by atoms with Crippen LogP contribution in [0.4, 0.5) is 8.78 Å². The number of aromatic nitrogens is 3. The second-order valence-electron chi connectivity index (χ2n) is 6.55. The molecule has 8 heteroatoms. The largest absolute Gasteiger partial charge is 0.344 e. The molecule has 1 amide bonds. The fraction of sp³-hybridized carbons (Fsp3) is 0.500. The monoisotopic (exact) mass is 363 g/mol. The van der Waals surface area contributed by atoms with Crippen LogP contribution in [0.5, 0.6) is 0 Å². The van der Waals surface area contributed by atoms with Gasteiger partial charge in [0.2, 0.25) is 0 Å². The van der Waals surface area contributed by atoms with Gasteiger partial charge < -0.3 is 10.6 Å². The molecule has 0 bridgehead atoms. The highest BCUT2D eigenvalue weighted by atomic mass is 19.1. The molecule has 1 saturated heterocycles. The van der Waals surface area contributed by atoms with Gasteiger partial charge >= 0.3 is 0 Å². The first-order valence-corrected chi connectivity index (χ1v) is 8.89. The second kappa shape index (κ2) is 7.90. The van der Waals surface area contributed by atoms with Crippen molar-refractivity contribution in [3.8, 4) is 0 Å². The van der Waals surface area contributed by atoms with Gasteiger partial charge in [-0.15, -0.1) is 5.10 Å². The fourth-order valence-corrected chi connectivity index (χ4v) is 3.36. The molecule has 1 aromatic carbocycles. The normalized spacial score (nSPS) is 16.5. The molecule has 3 rings (SSSR count). The van der Waals surface area contributed by atoms with E-state index in [1.807, 2.05) is 13.8 Å². The number of carbonyl (C=O) groups is 1. The summed E-state index contributed by atoms with van der Waals surface area (Å²) in [5.74, 6) is -1.72. The van der Waals surface area contributed by atoms with Gasteiger partial charge in [0.1, 0.15) is 11.6 Å². The highest BCUT2D eigenvalue weighted by Crippen LogP contribution is 2.23. The maximum atomic E-state index is 14.0. The number of hydrogen-bond donors (Lipinski definition) is 2. The third-order valence-electron chi connectivity index (χ3n) is 4.85. The van der Waals surface area contributed by atoms with E-state index in [4.69, 9.17) is 0 Å². The summed E-state index contributed by atoms with van der Waals surface area (Å²) in [4.78, 5) is 12.6. The molecule has 0 spiro atoms. The summed E-state index contributed by atoms with van der Waals surface area (Å²) in [6, 6.07) is 3.03. The quantitative estimate of drug-likeness (QED) is 0.857. The summed E-state index contributed by atoms with van der Waals surface area (Å²) in [6.45, 7) is 5.46. The van der Waals surface area contributed by atoms with Gasteiger partial charge in [-0.1, -0.05) is 18.2 Å². The molecule has 0 radical (unpaired) electrons. The van der Waals surface area contributed by atoms with E-state index < -0.39 is 23.6 Å². The number of piperidine rings is 1. The van der Waals surface area contributed by atoms with Crippen molar-refractivity contribution in [2.75, 3.05) is 13.1 Å². The minimum absolute atomic E-state index is 0.224. The van der Waals surface area contributed by atoms with Crippen LogP contribution in [0.15, 0.2) is 18.2 Å². The first-order valence-electron chi connectivity index (χ1n) is 8.89. The Kier molecular flexibility index (Phi) is 5.61. The molecule has 1 fully saturated rings. The standard InChI is InChI=1S/C18H23F2N5O/c1-3-16(14-5-4-12(19)10-15(14)20)22-18(26)17-11(2)25(24-23-17)13-6-8-21-9-7-13/h4-5,10,13,16,21H,3,6-9H2,1-2H3,(H,22,26). The lowest BCUT2D eigenvalue weighted by Gasteiger charge is -2.23. The molecule has 1 aliphatic rings. The van der Waals surface area contributed by atoms with Crippen molar-refractivity contribution in [2.24, 2.45) is 0 Å². The van der Waals surface area contributed by atoms with Crippen LogP contribution in [0.25, 0.3) is 0 Å². The summed E-state index contributed by atoms with van der Waals surface area (Å²) in [5.41, 5.74) is 1.19. The SMILES string of the molecule is CCC(NC(=O)c1nnn(C2CCNCC2)c1C)c1ccc(F)cc1F. The second-order valence-corrected chi connectivity index (χ2v) is 6.55. The lowest BCUT2D eigenvalue weighted by Crippen LogP contribution is -2.31. The molecular formula is C18H23F2N5O. The summed E-state index contributed by atoms with van der Waals surface area (Å²) < 4.78 is 29.0. The maximum Gasteiger partial charge on any atom is 0.274 e. The lowest BCUT2D eigenvalue weighted by molar-refractivity contribution is 0.0929. The third-order valence-corrected chi connectivity index (χ3v) is 4.85. The molecule has 0 aliphatic carbocycles. The Morgan fingerprint density at radius 3 is 2.77 bits per heavy atom. The zero-order chi connectivity index (χ0) is 18.7. The number of amides is 1. The molecule has 2 aromatic rings. The van der Waals surface area contributed by atoms with E-state index in [-0.39, 0.29) is 17.3 Å². The fourth-order valence-electron chi connectivity index (χ4n) is 3.36. The summed E-state index contributed by atoms with van der Waals surface area (Å²) in [7, 11) is 0. The minimum Gasteiger partial charge on any atom is -0.344 e. The first kappa shape index (κ1) is 18.4. The van der Waals surface area contributed by atoms with Gasteiger partial charge in [0.25, 0.3) is 5.91 Å². The van der Waals surface area contributed by atoms with Crippen LogP contribution in [-0.4, -0.2) is 34.0 Å². The Morgan fingerprint density at radius 2 is 2.12 bits per heavy atom. The molecular weight excluding hydrogens is 340 g/mol. The van der Waals surface area contributed by atoms with Crippen molar-refractivity contribution in [3.05, 3.63) is 46.8 Å². The lowest BCUT2D eigenvalue weighted by atomic mass is 10.0. The maximum absolute atomic E-state index is 14.0. The topological polar surface area (TPSA) is 71.8 Å². The Bertz CT molecular complexity index is 786. The van der Waals surface area contributed by atoms with Crippen LogP contribution in [0, 0.1) is 18.6 Å². The van der Waals surface area contributed by atoms with Crippen LogP contribution in [0.1, 0.15) is 60.0 Å². The average Bonchev–Trinajstić information content (AvgIpc) is 3.02. The number of nitrogens with one attached hydrogen (secondary N) is 2. The number of hydrogen-bond acceptors (Lipinski definition) is 4. The van der Waals surface area contributed by atoms with Gasteiger partial charge in [-0.2, -0.15) is 0 Å². The molecule has 1 aromatic heterocycles. The smallest absolute Gasteiger partial charge is 0.274 e. The Balaban J connectivity index is 1.77. The van der Waals surface area contributed by atoms with Gasteiger partial charge in [0.05, 0.1) is 17.8 Å². The Morgan fingerprint density at radius 1 is 1.38 bits per heavy atom. The van der Waals surface area contributed by atoms with E-state index in [0.29, 0.717) is 12.1 Å². The number of rotatable bonds is 5. The van der Waals surface area contributed by atoms with Crippen LogP contribution in [0.3, 0.4) is 0 Å². The van der Waals surface area contributed by atoms with Crippen molar-refractivity contribution in [3.63, 3.8) is 0 Å². The van der Waals surface area contributed by atoms with E-state index in [9.17, 15) is 13.6 Å². The number of benzene rings is 1. The van der Waals surface area contributed by atoms with Gasteiger partial charge in [-0.3, -0.25) is 4.79 Å². The van der Waals surface area contributed by atoms with Crippen molar-refractivity contribution in [1.29, 1.82) is 0 Å². The highest BCUT2D eigenvalue weighted by molar-refractivity contribution is 5.93. The van der Waals surface area contributed by atoms with Crippen LogP contribution < -0.4 is 10.6 Å². The molecule has 1 unspecified atom stereocenters. The first-order chi connectivity index (χ1) is 12.5. The molecule has 1 atom stereocenters. The number of carbonyl (C=O) groups excluding carboxylic acids is 1. The summed E-state index contributed by atoms with van der Waals surface area (Å²) in [5, 5.41) is 14.3. The molecule has 26 heavy (non-hydrogen) atoms. The zero-order valence-corrected chi connectivity index (χ0v) is 14.9. The Hall–Kier alpha value is -2.35. The van der Waals surface area contributed by atoms with E-state index in [1.54, 1.807) is 4.68 Å². The van der Waals surface area contributed by atoms with Crippen molar-refractivity contribution in [2.45, 2.75) is 45.2 Å². The predicted octanol–water partition coefficient (Wildman–Crippen LogP) is 2.67. The summed E-state index contributed by atoms with van der Waals surface area (Å²) in [6.07, 6.45) is 2.34. The molecule has 140 valence electrons. The predicted molar refractivity (Wildman–Crippen MR) is 92.8 cm³/mol. The molecule has 2 heterocycles. The van der Waals surface area contributed by atoms with E-state index in [2.05, 4.69) is 20.9 Å². The van der Waals surface area contributed by atoms with Gasteiger partial charge in [-0.25, -0.2) is 13.5 Å². The van der Waals surface area contributed by atoms with Gasteiger partial charge in [0, 0.05) is 11.6 Å². The van der Waals surface area contributed by atoms with Crippen molar-refractivity contribution in [1.82, 2.24) is 25.6 Å².